The fraction of sp³-hybridized carbons (Fsp3) is 0.333. The SMILES string of the molecule is C[C@](O)(I)c1cc(Br)cc(C(F)(F)F)c1. The molecule has 0 aromatic heterocycles. The Morgan fingerprint density at radius 2 is 1.67 bits per heavy atom. The van der Waals surface area contributed by atoms with Crippen molar-refractivity contribution >= 4 is 38.5 Å². The average Bonchev–Trinajstić information content (AvgIpc) is 1.99. The van der Waals surface area contributed by atoms with Crippen LogP contribution in [0.2, 0.25) is 0 Å². The van der Waals surface area contributed by atoms with Crippen LogP contribution in [0.15, 0.2) is 22.7 Å². The second kappa shape index (κ2) is 4.21. The van der Waals surface area contributed by atoms with E-state index in [1.807, 2.05) is 0 Å². The van der Waals surface area contributed by atoms with Gasteiger partial charge in [-0.05, 0) is 53.3 Å². The van der Waals surface area contributed by atoms with Crippen molar-refractivity contribution in [3.8, 4) is 0 Å². The van der Waals surface area contributed by atoms with Crippen LogP contribution in [0, 0.1) is 0 Å². The van der Waals surface area contributed by atoms with Crippen molar-refractivity contribution in [2.75, 3.05) is 0 Å². The summed E-state index contributed by atoms with van der Waals surface area (Å²) in [6.07, 6.45) is -4.40. The van der Waals surface area contributed by atoms with Crippen molar-refractivity contribution in [2.45, 2.75) is 16.7 Å². The lowest BCUT2D eigenvalue weighted by atomic mass is 10.1. The summed E-state index contributed by atoms with van der Waals surface area (Å²) in [4.78, 5) is 0. The molecule has 1 rings (SSSR count). The van der Waals surface area contributed by atoms with Crippen LogP contribution in [0.4, 0.5) is 13.2 Å². The molecular formula is C9H7BrF3IO. The third-order valence-electron chi connectivity index (χ3n) is 1.75. The van der Waals surface area contributed by atoms with Crippen LogP contribution in [0.3, 0.4) is 0 Å². The van der Waals surface area contributed by atoms with Gasteiger partial charge in [0, 0.05) is 4.47 Å². The molecule has 0 fully saturated rings. The van der Waals surface area contributed by atoms with Gasteiger partial charge in [-0.3, -0.25) is 0 Å². The molecule has 0 amide bonds. The van der Waals surface area contributed by atoms with Crippen LogP contribution >= 0.6 is 38.5 Å². The van der Waals surface area contributed by atoms with Crippen molar-refractivity contribution < 1.29 is 18.3 Å². The van der Waals surface area contributed by atoms with Gasteiger partial charge in [0.05, 0.1) is 5.56 Å². The summed E-state index contributed by atoms with van der Waals surface area (Å²) in [5, 5.41) is 9.60. The van der Waals surface area contributed by atoms with Crippen LogP contribution in [-0.4, -0.2) is 5.11 Å². The predicted octanol–water partition coefficient (Wildman–Crippen LogP) is 4.07. The van der Waals surface area contributed by atoms with Gasteiger partial charge >= 0.3 is 6.18 Å². The first-order valence-corrected chi connectivity index (χ1v) is 5.77. The fourth-order valence-electron chi connectivity index (χ4n) is 1.02. The second-order valence-corrected chi connectivity index (χ2v) is 6.20. The first-order chi connectivity index (χ1) is 6.60. The van der Waals surface area contributed by atoms with Gasteiger partial charge in [-0.2, -0.15) is 13.2 Å². The molecule has 0 heterocycles. The Morgan fingerprint density at radius 1 is 1.20 bits per heavy atom. The average molecular weight is 395 g/mol. The van der Waals surface area contributed by atoms with E-state index in [0.29, 0.717) is 4.47 Å². The highest BCUT2D eigenvalue weighted by Gasteiger charge is 2.32. The zero-order valence-corrected chi connectivity index (χ0v) is 11.3. The van der Waals surface area contributed by atoms with Crippen LogP contribution < -0.4 is 0 Å². The minimum Gasteiger partial charge on any atom is -0.376 e. The van der Waals surface area contributed by atoms with E-state index < -0.39 is 15.3 Å². The Kier molecular flexibility index (Phi) is 3.72. The zero-order chi connectivity index (χ0) is 11.9. The molecule has 1 aromatic rings. The van der Waals surface area contributed by atoms with Gasteiger partial charge < -0.3 is 5.11 Å². The summed E-state index contributed by atoms with van der Waals surface area (Å²) in [5.41, 5.74) is -0.561. The quantitative estimate of drug-likeness (QED) is 0.562. The van der Waals surface area contributed by atoms with E-state index in [0.717, 1.165) is 12.1 Å². The lowest BCUT2D eigenvalue weighted by molar-refractivity contribution is -0.137. The number of rotatable bonds is 1. The Hall–Kier alpha value is 0.180. The summed E-state index contributed by atoms with van der Waals surface area (Å²) < 4.78 is 36.3. The lowest BCUT2D eigenvalue weighted by Crippen LogP contribution is -2.13. The first-order valence-electron chi connectivity index (χ1n) is 3.90. The molecular weight excluding hydrogens is 388 g/mol. The number of benzene rings is 1. The summed E-state index contributed by atoms with van der Waals surface area (Å²) in [5.74, 6) is 0. The molecule has 0 aliphatic heterocycles. The molecule has 1 nitrogen and oxygen atoms in total. The fourth-order valence-corrected chi connectivity index (χ4v) is 1.82. The maximum Gasteiger partial charge on any atom is 0.416 e. The number of halogens is 5. The summed E-state index contributed by atoms with van der Waals surface area (Å²) in [6.45, 7) is 1.43. The molecule has 0 aliphatic rings. The minimum absolute atomic E-state index is 0.213. The van der Waals surface area contributed by atoms with Crippen molar-refractivity contribution in [3.05, 3.63) is 33.8 Å². The molecule has 1 atom stereocenters. The van der Waals surface area contributed by atoms with Gasteiger partial charge in [0.15, 0.2) is 0 Å². The van der Waals surface area contributed by atoms with Crippen LogP contribution in [0.25, 0.3) is 0 Å². The molecule has 0 spiro atoms. The Balaban J connectivity index is 3.30. The molecule has 0 unspecified atom stereocenters. The van der Waals surface area contributed by atoms with Gasteiger partial charge in [-0.15, -0.1) is 0 Å². The monoisotopic (exact) mass is 394 g/mol. The maximum absolute atomic E-state index is 12.4. The van der Waals surface area contributed by atoms with E-state index in [-0.39, 0.29) is 5.56 Å². The summed E-state index contributed by atoms with van der Waals surface area (Å²) in [6, 6.07) is 3.38. The molecule has 6 heteroatoms. The standard InChI is InChI=1S/C9H7BrF3IO/c1-8(14,15)5-2-6(9(11,12)13)4-7(10)3-5/h2-4,15H,1H3/t8-/m1/s1. The smallest absolute Gasteiger partial charge is 0.376 e. The van der Waals surface area contributed by atoms with Crippen molar-refractivity contribution in [1.82, 2.24) is 0 Å². The highest BCUT2D eigenvalue weighted by molar-refractivity contribution is 14.1. The highest BCUT2D eigenvalue weighted by Crippen LogP contribution is 2.36. The Morgan fingerprint density at radius 3 is 2.07 bits per heavy atom. The lowest BCUT2D eigenvalue weighted by Gasteiger charge is -2.18. The molecule has 0 saturated heterocycles. The van der Waals surface area contributed by atoms with Crippen LogP contribution in [0.5, 0.6) is 0 Å². The number of aliphatic hydroxyl groups is 1. The van der Waals surface area contributed by atoms with Crippen LogP contribution in [-0.2, 0) is 9.78 Å². The van der Waals surface area contributed by atoms with E-state index in [9.17, 15) is 18.3 Å². The minimum atomic E-state index is -4.40. The highest BCUT2D eigenvalue weighted by atomic mass is 127. The Bertz CT molecular complexity index is 338. The molecule has 0 saturated carbocycles. The third-order valence-corrected chi connectivity index (χ3v) is 2.83. The van der Waals surface area contributed by atoms with Crippen molar-refractivity contribution in [1.29, 1.82) is 0 Å². The first kappa shape index (κ1) is 13.2. The number of alkyl halides is 4. The van der Waals surface area contributed by atoms with Gasteiger partial charge in [0.2, 0.25) is 0 Å². The Labute approximate surface area is 107 Å². The molecule has 1 aromatic carbocycles. The van der Waals surface area contributed by atoms with Gasteiger partial charge in [0.25, 0.3) is 0 Å². The van der Waals surface area contributed by atoms with Crippen LogP contribution in [0.1, 0.15) is 18.1 Å². The van der Waals surface area contributed by atoms with Gasteiger partial charge in [0.1, 0.15) is 3.61 Å². The largest absolute Gasteiger partial charge is 0.416 e. The van der Waals surface area contributed by atoms with E-state index in [4.69, 9.17) is 0 Å². The van der Waals surface area contributed by atoms with Crippen molar-refractivity contribution in [2.24, 2.45) is 0 Å². The van der Waals surface area contributed by atoms with E-state index in [2.05, 4.69) is 15.9 Å². The maximum atomic E-state index is 12.4. The molecule has 0 radical (unpaired) electrons. The number of hydrogen-bond acceptors (Lipinski definition) is 1. The number of hydrogen-bond donors (Lipinski definition) is 1. The van der Waals surface area contributed by atoms with Gasteiger partial charge in [-0.1, -0.05) is 15.9 Å². The van der Waals surface area contributed by atoms with Gasteiger partial charge in [-0.25, -0.2) is 0 Å². The summed E-state index contributed by atoms with van der Waals surface area (Å²) in [7, 11) is 0. The van der Waals surface area contributed by atoms with E-state index >= 15 is 0 Å². The normalized spacial score (nSPS) is 16.2. The van der Waals surface area contributed by atoms with E-state index in [1.165, 1.54) is 13.0 Å². The topological polar surface area (TPSA) is 20.2 Å². The molecule has 0 aliphatic carbocycles. The van der Waals surface area contributed by atoms with E-state index in [1.54, 1.807) is 22.6 Å². The summed E-state index contributed by atoms with van der Waals surface area (Å²) >= 11 is 4.65. The predicted molar refractivity (Wildman–Crippen MR) is 62.7 cm³/mol. The molecule has 0 bridgehead atoms. The molecule has 1 N–H and O–H groups in total. The third kappa shape index (κ3) is 3.60. The zero-order valence-electron chi connectivity index (χ0n) is 7.57. The molecule has 84 valence electrons. The van der Waals surface area contributed by atoms with Crippen molar-refractivity contribution in [3.63, 3.8) is 0 Å². The second-order valence-electron chi connectivity index (χ2n) is 3.18. The molecule has 15 heavy (non-hydrogen) atoms.